The molecule has 0 N–H and O–H groups in total. The fourth-order valence-corrected chi connectivity index (χ4v) is 3.28. The van der Waals surface area contributed by atoms with Gasteiger partial charge in [0.1, 0.15) is 12.6 Å². The maximum atomic E-state index is 12.8. The highest BCUT2D eigenvalue weighted by Crippen LogP contribution is 2.22. The number of amides is 2. The number of rotatable bonds is 4. The van der Waals surface area contributed by atoms with E-state index in [2.05, 4.69) is 6.07 Å². The zero-order valence-corrected chi connectivity index (χ0v) is 15.1. The number of nitriles is 1. The molecule has 0 aliphatic carbocycles. The number of hydrogen-bond acceptors (Lipinski definition) is 3. The lowest BCUT2D eigenvalue weighted by Gasteiger charge is -2.39. The van der Waals surface area contributed by atoms with Crippen LogP contribution in [0.25, 0.3) is 0 Å². The molecule has 0 aromatic heterocycles. The van der Waals surface area contributed by atoms with E-state index in [4.69, 9.17) is 11.6 Å². The van der Waals surface area contributed by atoms with Crippen molar-refractivity contribution in [1.29, 1.82) is 5.26 Å². The summed E-state index contributed by atoms with van der Waals surface area (Å²) in [6, 6.07) is 15.9. The van der Waals surface area contributed by atoms with E-state index in [0.717, 1.165) is 11.1 Å². The SMILES string of the molecule is C[C@H]1C(=O)N(Cc2ccccc2Cl)CC(=O)N1Cc1ccccc1C#N. The second-order valence-corrected chi connectivity index (χ2v) is 6.66. The fourth-order valence-electron chi connectivity index (χ4n) is 3.09. The molecular formula is C20H18ClN3O2. The van der Waals surface area contributed by atoms with Crippen LogP contribution in [0.3, 0.4) is 0 Å². The Morgan fingerprint density at radius 3 is 2.42 bits per heavy atom. The second kappa shape index (κ2) is 7.59. The van der Waals surface area contributed by atoms with Crippen molar-refractivity contribution >= 4 is 23.4 Å². The van der Waals surface area contributed by atoms with Crippen LogP contribution in [0.4, 0.5) is 0 Å². The first-order valence-electron chi connectivity index (χ1n) is 8.31. The lowest BCUT2D eigenvalue weighted by Crippen LogP contribution is -2.58. The lowest BCUT2D eigenvalue weighted by molar-refractivity contribution is -0.156. The molecule has 2 aromatic rings. The van der Waals surface area contributed by atoms with Crippen molar-refractivity contribution in [3.05, 3.63) is 70.2 Å². The van der Waals surface area contributed by atoms with Gasteiger partial charge in [0.2, 0.25) is 11.8 Å². The van der Waals surface area contributed by atoms with Crippen molar-refractivity contribution in [2.24, 2.45) is 0 Å². The number of carbonyl (C=O) groups is 2. The van der Waals surface area contributed by atoms with Crippen molar-refractivity contribution in [3.8, 4) is 6.07 Å². The van der Waals surface area contributed by atoms with Gasteiger partial charge in [0.15, 0.2) is 0 Å². The van der Waals surface area contributed by atoms with Gasteiger partial charge >= 0.3 is 0 Å². The molecule has 2 amide bonds. The zero-order valence-electron chi connectivity index (χ0n) is 14.4. The van der Waals surface area contributed by atoms with Gasteiger partial charge in [0.25, 0.3) is 0 Å². The molecule has 0 spiro atoms. The van der Waals surface area contributed by atoms with E-state index in [9.17, 15) is 14.9 Å². The lowest BCUT2D eigenvalue weighted by atomic mass is 10.1. The molecule has 0 radical (unpaired) electrons. The molecule has 1 heterocycles. The fraction of sp³-hybridized carbons (Fsp3) is 0.250. The third kappa shape index (κ3) is 3.56. The molecule has 0 unspecified atom stereocenters. The molecule has 1 atom stereocenters. The Balaban J connectivity index is 1.77. The maximum absolute atomic E-state index is 12.8. The van der Waals surface area contributed by atoms with E-state index in [1.807, 2.05) is 24.3 Å². The molecule has 0 bridgehead atoms. The molecule has 3 rings (SSSR count). The highest BCUT2D eigenvalue weighted by atomic mass is 35.5. The van der Waals surface area contributed by atoms with Crippen LogP contribution in [0.5, 0.6) is 0 Å². The summed E-state index contributed by atoms with van der Waals surface area (Å²) in [6.45, 7) is 2.27. The molecule has 1 saturated heterocycles. The van der Waals surface area contributed by atoms with Crippen molar-refractivity contribution in [1.82, 2.24) is 9.80 Å². The topological polar surface area (TPSA) is 64.4 Å². The Hall–Kier alpha value is -2.84. The first-order chi connectivity index (χ1) is 12.5. The number of nitrogens with zero attached hydrogens (tertiary/aromatic N) is 3. The summed E-state index contributed by atoms with van der Waals surface area (Å²) in [4.78, 5) is 28.5. The summed E-state index contributed by atoms with van der Waals surface area (Å²) in [5.41, 5.74) is 2.06. The van der Waals surface area contributed by atoms with E-state index >= 15 is 0 Å². The summed E-state index contributed by atoms with van der Waals surface area (Å²) in [5.74, 6) is -0.268. The van der Waals surface area contributed by atoms with Crippen LogP contribution in [0.15, 0.2) is 48.5 Å². The van der Waals surface area contributed by atoms with Crippen LogP contribution in [0, 0.1) is 11.3 Å². The van der Waals surface area contributed by atoms with Crippen LogP contribution in [-0.2, 0) is 22.7 Å². The monoisotopic (exact) mass is 367 g/mol. The number of halogens is 1. The predicted molar refractivity (Wildman–Crippen MR) is 98.0 cm³/mol. The Labute approximate surface area is 157 Å². The Bertz CT molecular complexity index is 891. The van der Waals surface area contributed by atoms with Gasteiger partial charge in [-0.05, 0) is 30.2 Å². The van der Waals surface area contributed by atoms with Gasteiger partial charge in [-0.25, -0.2) is 0 Å². The minimum atomic E-state index is -0.592. The number of piperazine rings is 1. The predicted octanol–water partition coefficient (Wildman–Crippen LogP) is 2.97. The highest BCUT2D eigenvalue weighted by Gasteiger charge is 2.36. The summed E-state index contributed by atoms with van der Waals surface area (Å²) in [6.07, 6.45) is 0. The molecule has 2 aromatic carbocycles. The van der Waals surface area contributed by atoms with E-state index < -0.39 is 6.04 Å². The minimum Gasteiger partial charge on any atom is -0.327 e. The standard InChI is InChI=1S/C20H18ClN3O2/c1-14-20(26)23(11-17-8-4-5-9-18(17)21)13-19(25)24(14)12-16-7-3-2-6-15(16)10-22/h2-9,14H,11-13H2,1H3/t14-/m0/s1. The Morgan fingerprint density at radius 2 is 1.73 bits per heavy atom. The Kier molecular flexibility index (Phi) is 5.24. The smallest absolute Gasteiger partial charge is 0.245 e. The molecule has 0 saturated carbocycles. The zero-order chi connectivity index (χ0) is 18.7. The van der Waals surface area contributed by atoms with Gasteiger partial charge in [-0.2, -0.15) is 5.26 Å². The largest absolute Gasteiger partial charge is 0.327 e. The van der Waals surface area contributed by atoms with E-state index in [1.54, 1.807) is 31.2 Å². The van der Waals surface area contributed by atoms with Crippen LogP contribution < -0.4 is 0 Å². The van der Waals surface area contributed by atoms with Crippen molar-refractivity contribution < 1.29 is 9.59 Å². The second-order valence-electron chi connectivity index (χ2n) is 6.25. The van der Waals surface area contributed by atoms with Crippen LogP contribution >= 0.6 is 11.6 Å². The first-order valence-corrected chi connectivity index (χ1v) is 8.68. The molecule has 5 nitrogen and oxygen atoms in total. The molecule has 1 aliphatic rings. The Morgan fingerprint density at radius 1 is 1.08 bits per heavy atom. The van der Waals surface area contributed by atoms with Gasteiger partial charge in [0, 0.05) is 18.1 Å². The number of carbonyl (C=O) groups excluding carboxylic acids is 2. The number of benzene rings is 2. The normalized spacial score (nSPS) is 17.3. The van der Waals surface area contributed by atoms with E-state index in [0.29, 0.717) is 17.1 Å². The summed E-state index contributed by atoms with van der Waals surface area (Å²) < 4.78 is 0. The average molecular weight is 368 g/mol. The molecule has 1 fully saturated rings. The van der Waals surface area contributed by atoms with Crippen molar-refractivity contribution in [2.75, 3.05) is 6.54 Å². The summed E-state index contributed by atoms with van der Waals surface area (Å²) in [7, 11) is 0. The summed E-state index contributed by atoms with van der Waals surface area (Å²) >= 11 is 6.17. The van der Waals surface area contributed by atoms with Gasteiger partial charge in [0.05, 0.1) is 11.6 Å². The first kappa shape index (κ1) is 18.0. The average Bonchev–Trinajstić information content (AvgIpc) is 2.65. The van der Waals surface area contributed by atoms with Crippen molar-refractivity contribution in [2.45, 2.75) is 26.1 Å². The van der Waals surface area contributed by atoms with Crippen LogP contribution in [-0.4, -0.2) is 34.2 Å². The molecular weight excluding hydrogens is 350 g/mol. The molecule has 6 heteroatoms. The molecule has 1 aliphatic heterocycles. The van der Waals surface area contributed by atoms with Gasteiger partial charge in [-0.15, -0.1) is 0 Å². The van der Waals surface area contributed by atoms with Gasteiger partial charge in [-0.3, -0.25) is 9.59 Å². The molecule has 26 heavy (non-hydrogen) atoms. The number of hydrogen-bond donors (Lipinski definition) is 0. The van der Waals surface area contributed by atoms with Gasteiger partial charge < -0.3 is 9.80 Å². The summed E-state index contributed by atoms with van der Waals surface area (Å²) in [5, 5.41) is 9.80. The van der Waals surface area contributed by atoms with Crippen LogP contribution in [0.1, 0.15) is 23.6 Å². The van der Waals surface area contributed by atoms with Crippen molar-refractivity contribution in [3.63, 3.8) is 0 Å². The molecule has 132 valence electrons. The minimum absolute atomic E-state index is 0.00309. The maximum Gasteiger partial charge on any atom is 0.245 e. The van der Waals surface area contributed by atoms with Gasteiger partial charge in [-0.1, -0.05) is 48.0 Å². The third-order valence-corrected chi connectivity index (χ3v) is 4.95. The highest BCUT2D eigenvalue weighted by molar-refractivity contribution is 6.31. The third-order valence-electron chi connectivity index (χ3n) is 4.58. The van der Waals surface area contributed by atoms with E-state index in [-0.39, 0.29) is 24.9 Å². The quantitative estimate of drug-likeness (QED) is 0.834. The van der Waals surface area contributed by atoms with Crippen LogP contribution in [0.2, 0.25) is 5.02 Å². The van der Waals surface area contributed by atoms with E-state index in [1.165, 1.54) is 9.80 Å².